The standard InChI is InChI=1S/C15H21N/c1-3-7-15(16-4-2)14-10-12-8-5-6-9-13(12)11-14/h3,5-6,8-9,14-16H,1,4,7,10-11H2,2H3. The molecule has 0 fully saturated rings. The molecule has 1 aromatic carbocycles. The molecule has 0 aromatic heterocycles. The Kier molecular flexibility index (Phi) is 3.79. The van der Waals surface area contributed by atoms with E-state index in [0.717, 1.165) is 18.9 Å². The van der Waals surface area contributed by atoms with E-state index < -0.39 is 0 Å². The third-order valence-corrected chi connectivity index (χ3v) is 3.54. The SMILES string of the molecule is C=CCC(NCC)C1Cc2ccccc2C1. The van der Waals surface area contributed by atoms with Gasteiger partial charge in [-0.25, -0.2) is 0 Å². The largest absolute Gasteiger partial charge is 0.314 e. The minimum absolute atomic E-state index is 0.592. The molecule has 0 radical (unpaired) electrons. The van der Waals surface area contributed by atoms with Crippen molar-refractivity contribution >= 4 is 0 Å². The molecule has 1 aliphatic rings. The summed E-state index contributed by atoms with van der Waals surface area (Å²) in [4.78, 5) is 0. The molecule has 2 rings (SSSR count). The lowest BCUT2D eigenvalue weighted by Gasteiger charge is -2.22. The maximum atomic E-state index is 3.86. The van der Waals surface area contributed by atoms with Gasteiger partial charge in [-0.3, -0.25) is 0 Å². The quantitative estimate of drug-likeness (QED) is 0.745. The fourth-order valence-corrected chi connectivity index (χ4v) is 2.76. The molecule has 1 atom stereocenters. The Hall–Kier alpha value is -1.08. The first-order valence-corrected chi connectivity index (χ1v) is 6.26. The zero-order valence-corrected chi connectivity index (χ0v) is 10.1. The van der Waals surface area contributed by atoms with Crippen molar-refractivity contribution in [2.75, 3.05) is 6.54 Å². The van der Waals surface area contributed by atoms with Gasteiger partial charge in [0.05, 0.1) is 0 Å². The van der Waals surface area contributed by atoms with E-state index in [-0.39, 0.29) is 0 Å². The number of hydrogen-bond donors (Lipinski definition) is 1. The van der Waals surface area contributed by atoms with Crippen LogP contribution in [0.25, 0.3) is 0 Å². The van der Waals surface area contributed by atoms with Gasteiger partial charge in [0.15, 0.2) is 0 Å². The summed E-state index contributed by atoms with van der Waals surface area (Å²) in [6.07, 6.45) is 5.56. The van der Waals surface area contributed by atoms with E-state index >= 15 is 0 Å². The Morgan fingerprint density at radius 1 is 1.38 bits per heavy atom. The third kappa shape index (κ3) is 2.35. The molecule has 0 saturated heterocycles. The van der Waals surface area contributed by atoms with Gasteiger partial charge in [-0.05, 0) is 42.9 Å². The number of nitrogens with one attached hydrogen (secondary N) is 1. The van der Waals surface area contributed by atoms with Gasteiger partial charge in [-0.15, -0.1) is 6.58 Å². The molecule has 0 heterocycles. The molecule has 1 aliphatic carbocycles. The van der Waals surface area contributed by atoms with E-state index in [0.29, 0.717) is 6.04 Å². The van der Waals surface area contributed by atoms with Crippen LogP contribution in [-0.4, -0.2) is 12.6 Å². The summed E-state index contributed by atoms with van der Waals surface area (Å²) >= 11 is 0. The second-order valence-corrected chi connectivity index (χ2v) is 4.63. The first-order valence-electron chi connectivity index (χ1n) is 6.26. The van der Waals surface area contributed by atoms with Gasteiger partial charge in [0, 0.05) is 6.04 Å². The van der Waals surface area contributed by atoms with Crippen LogP contribution in [0.1, 0.15) is 24.5 Å². The molecule has 1 heteroatoms. The predicted octanol–water partition coefficient (Wildman–Crippen LogP) is 2.96. The van der Waals surface area contributed by atoms with Crippen molar-refractivity contribution in [2.45, 2.75) is 32.2 Å². The van der Waals surface area contributed by atoms with Crippen LogP contribution in [-0.2, 0) is 12.8 Å². The monoisotopic (exact) mass is 215 g/mol. The predicted molar refractivity (Wildman–Crippen MR) is 69.6 cm³/mol. The normalized spacial score (nSPS) is 17.1. The molecule has 86 valence electrons. The van der Waals surface area contributed by atoms with E-state index in [4.69, 9.17) is 0 Å². The number of rotatable bonds is 5. The first kappa shape index (κ1) is 11.4. The molecule has 0 spiro atoms. The van der Waals surface area contributed by atoms with Gasteiger partial charge in [-0.1, -0.05) is 37.3 Å². The van der Waals surface area contributed by atoms with E-state index in [1.165, 1.54) is 12.8 Å². The van der Waals surface area contributed by atoms with Gasteiger partial charge in [-0.2, -0.15) is 0 Å². The van der Waals surface area contributed by atoms with Gasteiger partial charge < -0.3 is 5.32 Å². The van der Waals surface area contributed by atoms with Gasteiger partial charge in [0.1, 0.15) is 0 Å². The zero-order valence-electron chi connectivity index (χ0n) is 10.1. The van der Waals surface area contributed by atoms with Crippen LogP contribution < -0.4 is 5.32 Å². The smallest absolute Gasteiger partial charge is 0.0136 e. The highest BCUT2D eigenvalue weighted by molar-refractivity contribution is 5.32. The molecular formula is C15H21N. The number of fused-ring (bicyclic) bond motifs is 1. The van der Waals surface area contributed by atoms with Crippen molar-refractivity contribution in [3.05, 3.63) is 48.0 Å². The number of hydrogen-bond acceptors (Lipinski definition) is 1. The minimum Gasteiger partial charge on any atom is -0.314 e. The summed E-state index contributed by atoms with van der Waals surface area (Å²) in [7, 11) is 0. The van der Waals surface area contributed by atoms with E-state index in [2.05, 4.69) is 43.1 Å². The molecule has 1 unspecified atom stereocenters. The fraction of sp³-hybridized carbons (Fsp3) is 0.467. The Morgan fingerprint density at radius 2 is 2.00 bits per heavy atom. The van der Waals surface area contributed by atoms with E-state index in [1.807, 2.05) is 6.08 Å². The molecule has 1 N–H and O–H groups in total. The second-order valence-electron chi connectivity index (χ2n) is 4.63. The van der Waals surface area contributed by atoms with Crippen molar-refractivity contribution in [3.8, 4) is 0 Å². The Bertz CT molecular complexity index is 331. The fourth-order valence-electron chi connectivity index (χ4n) is 2.76. The highest BCUT2D eigenvalue weighted by Crippen LogP contribution is 2.29. The van der Waals surface area contributed by atoms with E-state index in [9.17, 15) is 0 Å². The lowest BCUT2D eigenvalue weighted by atomic mass is 9.94. The zero-order chi connectivity index (χ0) is 11.4. The van der Waals surface area contributed by atoms with Crippen molar-refractivity contribution in [1.29, 1.82) is 0 Å². The topological polar surface area (TPSA) is 12.0 Å². The lowest BCUT2D eigenvalue weighted by molar-refractivity contribution is 0.372. The summed E-state index contributed by atoms with van der Waals surface area (Å²) in [5, 5.41) is 3.59. The Labute approximate surface area is 98.6 Å². The molecule has 1 nitrogen and oxygen atoms in total. The first-order chi connectivity index (χ1) is 7.85. The lowest BCUT2D eigenvalue weighted by Crippen LogP contribution is -2.36. The maximum absolute atomic E-state index is 3.86. The average Bonchev–Trinajstić information content (AvgIpc) is 2.72. The van der Waals surface area contributed by atoms with Crippen LogP contribution >= 0.6 is 0 Å². The molecule has 0 saturated carbocycles. The summed E-state index contributed by atoms with van der Waals surface area (Å²) < 4.78 is 0. The third-order valence-electron chi connectivity index (χ3n) is 3.54. The van der Waals surface area contributed by atoms with Crippen LogP contribution in [0.5, 0.6) is 0 Å². The summed E-state index contributed by atoms with van der Waals surface area (Å²) in [5.74, 6) is 0.746. The average molecular weight is 215 g/mol. The van der Waals surface area contributed by atoms with Crippen LogP contribution in [0.15, 0.2) is 36.9 Å². The molecule has 0 aliphatic heterocycles. The molecule has 16 heavy (non-hydrogen) atoms. The van der Waals surface area contributed by atoms with Gasteiger partial charge >= 0.3 is 0 Å². The second kappa shape index (κ2) is 5.31. The highest BCUT2D eigenvalue weighted by atomic mass is 14.9. The summed E-state index contributed by atoms with van der Waals surface area (Å²) in [6.45, 7) is 7.09. The van der Waals surface area contributed by atoms with Crippen molar-refractivity contribution in [2.24, 2.45) is 5.92 Å². The molecule has 0 bridgehead atoms. The van der Waals surface area contributed by atoms with Gasteiger partial charge in [0.2, 0.25) is 0 Å². The van der Waals surface area contributed by atoms with Crippen molar-refractivity contribution in [3.63, 3.8) is 0 Å². The molecule has 1 aromatic rings. The highest BCUT2D eigenvalue weighted by Gasteiger charge is 2.26. The molecular weight excluding hydrogens is 194 g/mol. The maximum Gasteiger partial charge on any atom is 0.0136 e. The van der Waals surface area contributed by atoms with E-state index in [1.54, 1.807) is 11.1 Å². The summed E-state index contributed by atoms with van der Waals surface area (Å²) in [5.41, 5.74) is 3.08. The Morgan fingerprint density at radius 3 is 2.50 bits per heavy atom. The van der Waals surface area contributed by atoms with Crippen LogP contribution in [0.4, 0.5) is 0 Å². The summed E-state index contributed by atoms with van der Waals surface area (Å²) in [6, 6.07) is 9.43. The van der Waals surface area contributed by atoms with Crippen LogP contribution in [0, 0.1) is 5.92 Å². The van der Waals surface area contributed by atoms with Crippen LogP contribution in [0.2, 0.25) is 0 Å². The van der Waals surface area contributed by atoms with Crippen LogP contribution in [0.3, 0.4) is 0 Å². The molecule has 0 amide bonds. The van der Waals surface area contributed by atoms with Gasteiger partial charge in [0.25, 0.3) is 0 Å². The van der Waals surface area contributed by atoms with Crippen molar-refractivity contribution in [1.82, 2.24) is 5.32 Å². The Balaban J connectivity index is 2.05. The number of benzene rings is 1. The van der Waals surface area contributed by atoms with Crippen molar-refractivity contribution < 1.29 is 0 Å². The minimum atomic E-state index is 0.592.